The van der Waals surface area contributed by atoms with Crippen molar-refractivity contribution in [1.82, 2.24) is 15.5 Å². The summed E-state index contributed by atoms with van der Waals surface area (Å²) in [7, 11) is 0. The van der Waals surface area contributed by atoms with Gasteiger partial charge in [0.25, 0.3) is 0 Å². The summed E-state index contributed by atoms with van der Waals surface area (Å²) in [6, 6.07) is 0.962. The van der Waals surface area contributed by atoms with Crippen molar-refractivity contribution in [1.29, 1.82) is 0 Å². The lowest BCUT2D eigenvalue weighted by molar-refractivity contribution is -0.144. The van der Waals surface area contributed by atoms with Gasteiger partial charge in [0.2, 0.25) is 5.91 Å². The number of cyclic esters (lactones) is 2. The zero-order valence-corrected chi connectivity index (χ0v) is 31.4. The fraction of sp³-hybridized carbons (Fsp3) is 0.923. The minimum atomic E-state index is -0.0969. The van der Waals surface area contributed by atoms with Crippen LogP contribution in [0.4, 0.5) is 0 Å². The van der Waals surface area contributed by atoms with Gasteiger partial charge in [-0.3, -0.25) is 14.4 Å². The Morgan fingerprint density at radius 3 is 1.38 bits per heavy atom. The molecule has 9 nitrogen and oxygen atoms in total. The van der Waals surface area contributed by atoms with Crippen LogP contribution in [-0.4, -0.2) is 85.4 Å². The first-order valence-corrected chi connectivity index (χ1v) is 20.0. The van der Waals surface area contributed by atoms with E-state index in [1.165, 1.54) is 32.1 Å². The molecule has 0 aliphatic carbocycles. The Morgan fingerprint density at radius 1 is 0.562 bits per heavy atom. The lowest BCUT2D eigenvalue weighted by atomic mass is 10.0. The first kappa shape index (κ1) is 44.3. The van der Waals surface area contributed by atoms with Crippen LogP contribution in [0.15, 0.2) is 0 Å². The molecule has 48 heavy (non-hydrogen) atoms. The molecule has 0 aromatic rings. The van der Waals surface area contributed by atoms with Crippen molar-refractivity contribution in [2.75, 3.05) is 39.5 Å². The molecule has 1 aliphatic heterocycles. The number of aliphatic hydroxyl groups excluding tert-OH is 1. The van der Waals surface area contributed by atoms with E-state index in [-0.39, 0.29) is 30.5 Å². The quantitative estimate of drug-likeness (QED) is 0.255. The number of carbonyl (C=O) groups excluding carboxylic acids is 3. The maximum absolute atomic E-state index is 12.9. The van der Waals surface area contributed by atoms with Crippen molar-refractivity contribution in [2.45, 2.75) is 193 Å². The number of hydrogen-bond acceptors (Lipinski definition) is 8. The largest absolute Gasteiger partial charge is 0.464 e. The number of carbonyl (C=O) groups is 3. The number of β-amino-alcohol motifs (C(OH)–C–C–N with tert-alkyl or cyclic N) is 1. The topological polar surface area (TPSA) is 117 Å². The number of amides is 1. The monoisotopic (exact) mass is 682 g/mol. The van der Waals surface area contributed by atoms with Gasteiger partial charge in [0.15, 0.2) is 0 Å². The standard InChI is InChI=1S/C39H75N3O6/c1-34-22-16-10-5-4-6-14-20-26-38(45)47-33-29-41-35(2)23-17-11-9-13-19-25-37(44)42(30-31-43)36(3)24-18-12-7-8-15-21-27-39(46)48-32-28-40-34/h34-36,40-41,43H,4-33H2,1-3H3. The third-order valence-corrected chi connectivity index (χ3v) is 9.71. The van der Waals surface area contributed by atoms with Gasteiger partial charge < -0.3 is 30.1 Å². The number of nitrogens with zero attached hydrogens (tertiary/aromatic N) is 1. The molecule has 1 rings (SSSR count). The summed E-state index contributed by atoms with van der Waals surface area (Å²) in [5.74, 6) is -0.0185. The van der Waals surface area contributed by atoms with Crippen LogP contribution in [0.5, 0.6) is 0 Å². The molecule has 0 aromatic carbocycles. The van der Waals surface area contributed by atoms with Gasteiger partial charge in [-0.15, -0.1) is 0 Å². The van der Waals surface area contributed by atoms with Gasteiger partial charge >= 0.3 is 11.9 Å². The molecule has 1 heterocycles. The highest BCUT2D eigenvalue weighted by molar-refractivity contribution is 5.76. The molecule has 0 aromatic heterocycles. The van der Waals surface area contributed by atoms with Crippen molar-refractivity contribution < 1.29 is 29.0 Å². The molecule has 0 spiro atoms. The Bertz CT molecular complexity index is 798. The molecule has 0 saturated carbocycles. The zero-order chi connectivity index (χ0) is 35.1. The van der Waals surface area contributed by atoms with E-state index in [2.05, 4.69) is 31.4 Å². The molecule has 3 N–H and O–H groups in total. The minimum absolute atomic E-state index is 0.00278. The first-order valence-electron chi connectivity index (χ1n) is 20.0. The van der Waals surface area contributed by atoms with Gasteiger partial charge in [0.1, 0.15) is 13.2 Å². The number of esters is 2. The summed E-state index contributed by atoms with van der Waals surface area (Å²) in [6.45, 7) is 9.17. The molecule has 1 saturated heterocycles. The second kappa shape index (κ2) is 31.3. The third kappa shape index (κ3) is 26.2. The smallest absolute Gasteiger partial charge is 0.305 e. The maximum atomic E-state index is 12.9. The zero-order valence-electron chi connectivity index (χ0n) is 31.4. The highest BCUT2D eigenvalue weighted by Gasteiger charge is 2.19. The molecule has 1 aliphatic rings. The van der Waals surface area contributed by atoms with Gasteiger partial charge in [-0.05, 0) is 59.3 Å². The average Bonchev–Trinajstić information content (AvgIpc) is 3.06. The fourth-order valence-corrected chi connectivity index (χ4v) is 6.56. The van der Waals surface area contributed by atoms with E-state index >= 15 is 0 Å². The lowest BCUT2D eigenvalue weighted by Gasteiger charge is -2.29. The second-order valence-corrected chi connectivity index (χ2v) is 14.3. The van der Waals surface area contributed by atoms with Crippen LogP contribution in [0.25, 0.3) is 0 Å². The predicted octanol–water partition coefficient (Wildman–Crippen LogP) is 7.61. The number of ether oxygens (including phenoxy) is 2. The molecule has 9 heteroatoms. The van der Waals surface area contributed by atoms with E-state index < -0.39 is 0 Å². The molecular formula is C39H75N3O6. The van der Waals surface area contributed by atoms with Crippen molar-refractivity contribution in [3.05, 3.63) is 0 Å². The summed E-state index contributed by atoms with van der Waals surface area (Å²) >= 11 is 0. The first-order chi connectivity index (χ1) is 23.3. The van der Waals surface area contributed by atoms with Crippen LogP contribution in [0.3, 0.4) is 0 Å². The highest BCUT2D eigenvalue weighted by Crippen LogP contribution is 2.16. The summed E-state index contributed by atoms with van der Waals surface area (Å²) in [5.41, 5.74) is 0. The van der Waals surface area contributed by atoms with E-state index in [1.54, 1.807) is 0 Å². The number of aliphatic hydroxyl groups is 1. The molecule has 3 unspecified atom stereocenters. The Hall–Kier alpha value is -1.71. The van der Waals surface area contributed by atoms with Crippen LogP contribution in [-0.2, 0) is 23.9 Å². The van der Waals surface area contributed by atoms with Crippen LogP contribution in [0.1, 0.15) is 175 Å². The highest BCUT2D eigenvalue weighted by atomic mass is 16.5. The third-order valence-electron chi connectivity index (χ3n) is 9.71. The number of nitrogens with one attached hydrogen (secondary N) is 2. The Morgan fingerprint density at radius 2 is 0.938 bits per heavy atom. The number of rotatable bonds is 2. The molecule has 1 fully saturated rings. The molecule has 0 radical (unpaired) electrons. The molecular weight excluding hydrogens is 606 g/mol. The Balaban J connectivity index is 2.40. The van der Waals surface area contributed by atoms with E-state index in [4.69, 9.17) is 9.47 Å². The van der Waals surface area contributed by atoms with Crippen LogP contribution in [0.2, 0.25) is 0 Å². The van der Waals surface area contributed by atoms with Crippen LogP contribution < -0.4 is 10.6 Å². The van der Waals surface area contributed by atoms with Gasteiger partial charge in [0.05, 0.1) is 6.61 Å². The van der Waals surface area contributed by atoms with E-state index in [1.807, 2.05) is 4.90 Å². The minimum Gasteiger partial charge on any atom is -0.464 e. The lowest BCUT2D eigenvalue weighted by Crippen LogP contribution is -2.40. The van der Waals surface area contributed by atoms with Gasteiger partial charge in [-0.2, -0.15) is 0 Å². The normalized spacial score (nSPS) is 26.3. The summed E-state index contributed by atoms with van der Waals surface area (Å²) in [4.78, 5) is 39.0. The van der Waals surface area contributed by atoms with E-state index in [0.717, 1.165) is 103 Å². The van der Waals surface area contributed by atoms with Gasteiger partial charge in [-0.1, -0.05) is 96.3 Å². The summed E-state index contributed by atoms with van der Waals surface area (Å²) in [6.07, 6.45) is 24.6. The molecule has 3 atom stereocenters. The SMILES string of the molecule is CC1CCCCCCCCCC(=O)OCCNC(C)CCCCCCCC(=O)N(CCO)C(C)CCCCCCCCC(=O)OCCN1. The van der Waals surface area contributed by atoms with Crippen LogP contribution >= 0.6 is 0 Å². The Labute approximate surface area is 294 Å². The van der Waals surface area contributed by atoms with E-state index in [0.29, 0.717) is 64.2 Å². The fourth-order valence-electron chi connectivity index (χ4n) is 6.56. The predicted molar refractivity (Wildman–Crippen MR) is 196 cm³/mol. The molecule has 1 amide bonds. The van der Waals surface area contributed by atoms with Crippen molar-refractivity contribution >= 4 is 17.8 Å². The maximum Gasteiger partial charge on any atom is 0.305 e. The molecule has 282 valence electrons. The summed E-state index contributed by atoms with van der Waals surface area (Å²) in [5, 5.41) is 16.5. The van der Waals surface area contributed by atoms with Crippen molar-refractivity contribution in [3.8, 4) is 0 Å². The molecule has 0 bridgehead atoms. The van der Waals surface area contributed by atoms with Gasteiger partial charge in [-0.25, -0.2) is 0 Å². The van der Waals surface area contributed by atoms with Gasteiger partial charge in [0, 0.05) is 57.0 Å². The van der Waals surface area contributed by atoms with E-state index in [9.17, 15) is 19.5 Å². The Kier molecular flexibility index (Phi) is 28.9. The van der Waals surface area contributed by atoms with Crippen molar-refractivity contribution in [3.63, 3.8) is 0 Å². The summed E-state index contributed by atoms with van der Waals surface area (Å²) < 4.78 is 10.8. The second-order valence-electron chi connectivity index (χ2n) is 14.3. The average molecular weight is 682 g/mol. The van der Waals surface area contributed by atoms with Crippen LogP contribution in [0, 0.1) is 0 Å². The van der Waals surface area contributed by atoms with Crippen molar-refractivity contribution in [2.24, 2.45) is 0 Å². The number of hydrogen-bond donors (Lipinski definition) is 3.